The molecule has 98 valence electrons. The molecule has 0 bridgehead atoms. The monoisotopic (exact) mass is 248 g/mol. The van der Waals surface area contributed by atoms with E-state index in [1.807, 2.05) is 30.7 Å². The van der Waals surface area contributed by atoms with Crippen LogP contribution in [0.2, 0.25) is 0 Å². The summed E-state index contributed by atoms with van der Waals surface area (Å²) in [6.45, 7) is 6.50. The number of hydrogen-bond donors (Lipinski definition) is 1. The van der Waals surface area contributed by atoms with Gasteiger partial charge in [-0.05, 0) is 19.1 Å². The molecule has 2 N–H and O–H groups in total. The van der Waals surface area contributed by atoms with Crippen LogP contribution in [0.25, 0.3) is 0 Å². The molecule has 0 radical (unpaired) electrons. The largest absolute Gasteiger partial charge is 0.464 e. The van der Waals surface area contributed by atoms with Crippen LogP contribution in [0.15, 0.2) is 16.5 Å². The summed E-state index contributed by atoms with van der Waals surface area (Å²) in [5.41, 5.74) is 5.87. The van der Waals surface area contributed by atoms with Gasteiger partial charge < -0.3 is 10.2 Å². The standard InChI is InChI=1S/C13H20N4O/c1-4-12-15-13(5-2)17(16-12)10(8-14)11-7-6-9(3)18-11/h6-7,10H,4-5,8,14H2,1-3H3. The Labute approximate surface area is 107 Å². The van der Waals surface area contributed by atoms with Gasteiger partial charge in [-0.15, -0.1) is 0 Å². The molecular formula is C13H20N4O. The number of rotatable bonds is 5. The Morgan fingerprint density at radius 3 is 2.61 bits per heavy atom. The average Bonchev–Trinajstić information content (AvgIpc) is 2.97. The molecule has 5 heteroatoms. The summed E-state index contributed by atoms with van der Waals surface area (Å²) in [5.74, 6) is 3.54. The molecule has 0 aliphatic heterocycles. The lowest BCUT2D eigenvalue weighted by Crippen LogP contribution is -2.23. The van der Waals surface area contributed by atoms with E-state index in [0.29, 0.717) is 6.54 Å². The summed E-state index contributed by atoms with van der Waals surface area (Å²) in [7, 11) is 0. The van der Waals surface area contributed by atoms with Gasteiger partial charge in [-0.1, -0.05) is 13.8 Å². The van der Waals surface area contributed by atoms with Crippen molar-refractivity contribution in [2.75, 3.05) is 6.54 Å². The van der Waals surface area contributed by atoms with Crippen LogP contribution >= 0.6 is 0 Å². The maximum Gasteiger partial charge on any atom is 0.150 e. The Bertz CT molecular complexity index is 515. The minimum atomic E-state index is -0.0681. The van der Waals surface area contributed by atoms with E-state index in [-0.39, 0.29) is 6.04 Å². The van der Waals surface area contributed by atoms with Gasteiger partial charge in [-0.25, -0.2) is 9.67 Å². The number of nitrogens with two attached hydrogens (primary N) is 1. The zero-order valence-electron chi connectivity index (χ0n) is 11.2. The van der Waals surface area contributed by atoms with Crippen LogP contribution in [0, 0.1) is 6.92 Å². The molecule has 1 atom stereocenters. The first-order chi connectivity index (χ1) is 8.69. The van der Waals surface area contributed by atoms with Crippen LogP contribution in [-0.2, 0) is 12.8 Å². The fourth-order valence-corrected chi connectivity index (χ4v) is 2.01. The molecule has 1 unspecified atom stereocenters. The number of nitrogens with zero attached hydrogens (tertiary/aromatic N) is 3. The van der Waals surface area contributed by atoms with E-state index in [9.17, 15) is 0 Å². The third kappa shape index (κ3) is 2.31. The molecule has 0 saturated carbocycles. The van der Waals surface area contributed by atoms with Crippen molar-refractivity contribution in [3.63, 3.8) is 0 Å². The third-order valence-corrected chi connectivity index (χ3v) is 2.99. The molecule has 0 aromatic carbocycles. The molecule has 5 nitrogen and oxygen atoms in total. The van der Waals surface area contributed by atoms with E-state index in [2.05, 4.69) is 17.0 Å². The first-order valence-corrected chi connectivity index (χ1v) is 6.40. The van der Waals surface area contributed by atoms with Crippen molar-refractivity contribution < 1.29 is 4.42 Å². The summed E-state index contributed by atoms with van der Waals surface area (Å²) in [6, 6.07) is 3.84. The second kappa shape index (κ2) is 5.35. The lowest BCUT2D eigenvalue weighted by molar-refractivity contribution is 0.390. The Morgan fingerprint density at radius 2 is 2.11 bits per heavy atom. The Balaban J connectivity index is 2.40. The smallest absolute Gasteiger partial charge is 0.150 e. The van der Waals surface area contributed by atoms with Crippen molar-refractivity contribution in [2.24, 2.45) is 5.73 Å². The van der Waals surface area contributed by atoms with Gasteiger partial charge in [0.05, 0.1) is 0 Å². The van der Waals surface area contributed by atoms with Crippen molar-refractivity contribution in [3.05, 3.63) is 35.3 Å². The van der Waals surface area contributed by atoms with Crippen LogP contribution in [0.3, 0.4) is 0 Å². The predicted octanol–water partition coefficient (Wildman–Crippen LogP) is 1.85. The highest BCUT2D eigenvalue weighted by atomic mass is 16.3. The second-order valence-electron chi connectivity index (χ2n) is 4.30. The van der Waals surface area contributed by atoms with Crippen molar-refractivity contribution in [3.8, 4) is 0 Å². The van der Waals surface area contributed by atoms with Crippen molar-refractivity contribution in [1.29, 1.82) is 0 Å². The highest BCUT2D eigenvalue weighted by Gasteiger charge is 2.20. The van der Waals surface area contributed by atoms with Crippen LogP contribution in [0.4, 0.5) is 0 Å². The molecule has 2 aromatic rings. The first-order valence-electron chi connectivity index (χ1n) is 6.40. The molecule has 0 fully saturated rings. The fraction of sp³-hybridized carbons (Fsp3) is 0.538. The van der Waals surface area contributed by atoms with E-state index >= 15 is 0 Å². The van der Waals surface area contributed by atoms with E-state index < -0.39 is 0 Å². The van der Waals surface area contributed by atoms with E-state index in [4.69, 9.17) is 10.2 Å². The lowest BCUT2D eigenvalue weighted by Gasteiger charge is -2.14. The summed E-state index contributed by atoms with van der Waals surface area (Å²) in [4.78, 5) is 4.50. The molecule has 0 amide bonds. The number of furan rings is 1. The zero-order chi connectivity index (χ0) is 13.1. The van der Waals surface area contributed by atoms with Gasteiger partial charge in [0.2, 0.25) is 0 Å². The number of hydrogen-bond acceptors (Lipinski definition) is 4. The topological polar surface area (TPSA) is 69.9 Å². The van der Waals surface area contributed by atoms with Gasteiger partial charge >= 0.3 is 0 Å². The van der Waals surface area contributed by atoms with Gasteiger partial charge in [0.15, 0.2) is 5.82 Å². The van der Waals surface area contributed by atoms with E-state index in [1.165, 1.54) is 0 Å². The van der Waals surface area contributed by atoms with E-state index in [1.54, 1.807) is 0 Å². The summed E-state index contributed by atoms with van der Waals surface area (Å²) >= 11 is 0. The Hall–Kier alpha value is -1.62. The van der Waals surface area contributed by atoms with Crippen LogP contribution in [-0.4, -0.2) is 21.3 Å². The Kier molecular flexibility index (Phi) is 3.81. The molecule has 0 aliphatic carbocycles. The van der Waals surface area contributed by atoms with E-state index in [0.717, 1.165) is 36.0 Å². The average molecular weight is 248 g/mol. The van der Waals surface area contributed by atoms with Crippen LogP contribution in [0.5, 0.6) is 0 Å². The number of aryl methyl sites for hydroxylation is 3. The maximum atomic E-state index is 5.87. The molecule has 0 saturated heterocycles. The van der Waals surface area contributed by atoms with Crippen molar-refractivity contribution in [1.82, 2.24) is 14.8 Å². The van der Waals surface area contributed by atoms with Gasteiger partial charge in [-0.3, -0.25) is 0 Å². The minimum absolute atomic E-state index is 0.0681. The zero-order valence-corrected chi connectivity index (χ0v) is 11.2. The van der Waals surface area contributed by atoms with Crippen LogP contribution < -0.4 is 5.73 Å². The quantitative estimate of drug-likeness (QED) is 0.876. The van der Waals surface area contributed by atoms with Gasteiger partial charge in [0.25, 0.3) is 0 Å². The third-order valence-electron chi connectivity index (χ3n) is 2.99. The molecule has 2 heterocycles. The fourth-order valence-electron chi connectivity index (χ4n) is 2.01. The molecule has 2 aromatic heterocycles. The van der Waals surface area contributed by atoms with Gasteiger partial charge in [0.1, 0.15) is 23.4 Å². The van der Waals surface area contributed by atoms with Gasteiger partial charge in [-0.2, -0.15) is 5.10 Å². The number of aromatic nitrogens is 3. The van der Waals surface area contributed by atoms with Crippen LogP contribution in [0.1, 0.15) is 43.1 Å². The molecule has 0 spiro atoms. The lowest BCUT2D eigenvalue weighted by atomic mass is 10.2. The highest BCUT2D eigenvalue weighted by molar-refractivity contribution is 5.12. The maximum absolute atomic E-state index is 5.87. The molecular weight excluding hydrogens is 228 g/mol. The normalized spacial score (nSPS) is 12.9. The molecule has 0 aliphatic rings. The minimum Gasteiger partial charge on any atom is -0.464 e. The predicted molar refractivity (Wildman–Crippen MR) is 69.4 cm³/mol. The Morgan fingerprint density at radius 1 is 1.33 bits per heavy atom. The summed E-state index contributed by atoms with van der Waals surface area (Å²) in [6.07, 6.45) is 1.66. The second-order valence-corrected chi connectivity index (χ2v) is 4.30. The SMILES string of the molecule is CCc1nc(CC)n(C(CN)c2ccc(C)o2)n1. The summed E-state index contributed by atoms with van der Waals surface area (Å²) in [5, 5.41) is 4.52. The summed E-state index contributed by atoms with van der Waals surface area (Å²) < 4.78 is 7.56. The molecule has 2 rings (SSSR count). The first kappa shape index (κ1) is 12.8. The van der Waals surface area contributed by atoms with Gasteiger partial charge in [0, 0.05) is 19.4 Å². The highest BCUT2D eigenvalue weighted by Crippen LogP contribution is 2.21. The van der Waals surface area contributed by atoms with Crippen molar-refractivity contribution in [2.45, 2.75) is 39.7 Å². The van der Waals surface area contributed by atoms with Crippen molar-refractivity contribution >= 4 is 0 Å². The molecule has 18 heavy (non-hydrogen) atoms.